The van der Waals surface area contributed by atoms with Gasteiger partial charge in [-0.3, -0.25) is 14.5 Å². The fourth-order valence-corrected chi connectivity index (χ4v) is 4.78. The molecule has 0 unspecified atom stereocenters. The van der Waals surface area contributed by atoms with Crippen molar-refractivity contribution in [2.75, 3.05) is 10.2 Å². The van der Waals surface area contributed by atoms with E-state index in [0.29, 0.717) is 17.8 Å². The monoisotopic (exact) mass is 457 g/mol. The zero-order chi connectivity index (χ0) is 23.4. The number of halogens is 1. The van der Waals surface area contributed by atoms with Gasteiger partial charge in [0.05, 0.1) is 5.25 Å². The van der Waals surface area contributed by atoms with Gasteiger partial charge in [0, 0.05) is 11.4 Å². The summed E-state index contributed by atoms with van der Waals surface area (Å²) in [6, 6.07) is 24.2. The van der Waals surface area contributed by atoms with Crippen molar-refractivity contribution in [3.8, 4) is 6.07 Å². The molecule has 0 aliphatic carbocycles. The van der Waals surface area contributed by atoms with Crippen molar-refractivity contribution in [2.24, 2.45) is 0 Å². The summed E-state index contributed by atoms with van der Waals surface area (Å²) >= 11 is 1.21. The molecular weight excluding hydrogens is 437 g/mol. The van der Waals surface area contributed by atoms with Crippen molar-refractivity contribution in [1.82, 2.24) is 0 Å². The lowest BCUT2D eigenvalue weighted by Gasteiger charge is -2.19. The third-order valence-corrected chi connectivity index (χ3v) is 6.43. The van der Waals surface area contributed by atoms with Crippen LogP contribution in [-0.2, 0) is 16.0 Å². The number of nitrogens with zero attached hydrogens (tertiary/aromatic N) is 2. The summed E-state index contributed by atoms with van der Waals surface area (Å²) in [6.45, 7) is 1.94. The Balaban J connectivity index is 1.72. The highest BCUT2D eigenvalue weighted by molar-refractivity contribution is 8.05. The number of thioether (sulfide) groups is 1. The van der Waals surface area contributed by atoms with Crippen LogP contribution in [0.2, 0.25) is 0 Å². The molecule has 0 spiro atoms. The highest BCUT2D eigenvalue weighted by atomic mass is 32.2. The number of aryl methyl sites for hydroxylation is 1. The van der Waals surface area contributed by atoms with Crippen molar-refractivity contribution in [1.29, 1.82) is 5.26 Å². The molecule has 1 fully saturated rings. The second-order valence-corrected chi connectivity index (χ2v) is 8.75. The molecule has 2 amide bonds. The van der Waals surface area contributed by atoms with Gasteiger partial charge in [-0.1, -0.05) is 59.8 Å². The average Bonchev–Trinajstić information content (AvgIpc) is 3.12. The molecule has 33 heavy (non-hydrogen) atoms. The summed E-state index contributed by atoms with van der Waals surface area (Å²) in [4.78, 5) is 27.9. The number of hydrogen-bond acceptors (Lipinski definition) is 4. The minimum absolute atomic E-state index is 0.172. The standard InChI is InChI=1S/C26H20FN3O2S/c1-17-7-13-21(14-8-17)30-25(32)23(15-18-5-3-2-4-6-18)33-26(30)22(16-28)24(31)29-20-11-9-19(27)10-12-20/h2-14,23H,15H2,1H3,(H,29,31)/b26-22+/t23-/m1/s1. The zero-order valence-electron chi connectivity index (χ0n) is 17.8. The van der Waals surface area contributed by atoms with E-state index in [1.54, 1.807) is 12.1 Å². The van der Waals surface area contributed by atoms with Crippen LogP contribution in [0.4, 0.5) is 15.8 Å². The first-order valence-electron chi connectivity index (χ1n) is 10.3. The summed E-state index contributed by atoms with van der Waals surface area (Å²) in [5, 5.41) is 12.3. The number of anilines is 2. The third kappa shape index (κ3) is 4.97. The molecule has 3 aromatic carbocycles. The van der Waals surface area contributed by atoms with Crippen LogP contribution in [0.15, 0.2) is 89.5 Å². The summed E-state index contributed by atoms with van der Waals surface area (Å²) in [7, 11) is 0. The molecule has 1 aliphatic heterocycles. The van der Waals surface area contributed by atoms with E-state index in [2.05, 4.69) is 5.32 Å². The van der Waals surface area contributed by atoms with Crippen molar-refractivity contribution in [2.45, 2.75) is 18.6 Å². The summed E-state index contributed by atoms with van der Waals surface area (Å²) in [5.74, 6) is -1.28. The van der Waals surface area contributed by atoms with E-state index in [9.17, 15) is 19.2 Å². The van der Waals surface area contributed by atoms with E-state index >= 15 is 0 Å². The van der Waals surface area contributed by atoms with Crippen molar-refractivity contribution in [3.63, 3.8) is 0 Å². The summed E-state index contributed by atoms with van der Waals surface area (Å²) in [5.41, 5.74) is 2.79. The highest BCUT2D eigenvalue weighted by Gasteiger charge is 2.40. The van der Waals surface area contributed by atoms with Crippen molar-refractivity contribution in [3.05, 3.63) is 106 Å². The molecule has 1 N–H and O–H groups in total. The molecule has 1 heterocycles. The number of nitriles is 1. The lowest BCUT2D eigenvalue weighted by Crippen LogP contribution is -2.30. The van der Waals surface area contributed by atoms with Crippen molar-refractivity contribution < 1.29 is 14.0 Å². The largest absolute Gasteiger partial charge is 0.321 e. The Labute approximate surface area is 195 Å². The van der Waals surface area contributed by atoms with E-state index in [4.69, 9.17) is 0 Å². The molecule has 0 bridgehead atoms. The molecule has 1 aliphatic rings. The fourth-order valence-electron chi connectivity index (χ4n) is 3.47. The first kappa shape index (κ1) is 22.3. The molecule has 0 aromatic heterocycles. The van der Waals surface area contributed by atoms with Gasteiger partial charge in [-0.15, -0.1) is 0 Å². The second-order valence-electron chi connectivity index (χ2n) is 7.56. The average molecular weight is 458 g/mol. The van der Waals surface area contributed by atoms with Gasteiger partial charge in [0.2, 0.25) is 5.91 Å². The Bertz CT molecular complexity index is 1250. The van der Waals surface area contributed by atoms with Crippen LogP contribution in [0.5, 0.6) is 0 Å². The van der Waals surface area contributed by atoms with Gasteiger partial charge >= 0.3 is 0 Å². The number of carbonyl (C=O) groups is 2. The van der Waals surface area contributed by atoms with E-state index < -0.39 is 17.0 Å². The van der Waals surface area contributed by atoms with Gasteiger partial charge in [0.1, 0.15) is 22.5 Å². The SMILES string of the molecule is Cc1ccc(N2C(=O)[C@@H](Cc3ccccc3)S/C2=C(\C#N)C(=O)Nc2ccc(F)cc2)cc1. The summed E-state index contributed by atoms with van der Waals surface area (Å²) in [6.07, 6.45) is 0.467. The van der Waals surface area contributed by atoms with Gasteiger partial charge in [-0.2, -0.15) is 5.26 Å². The maximum atomic E-state index is 13.4. The number of benzene rings is 3. The minimum Gasteiger partial charge on any atom is -0.321 e. The van der Waals surface area contributed by atoms with Crippen LogP contribution >= 0.6 is 11.8 Å². The van der Waals surface area contributed by atoms with Gasteiger partial charge in [0.15, 0.2) is 0 Å². The lowest BCUT2D eigenvalue weighted by atomic mass is 10.1. The first-order valence-corrected chi connectivity index (χ1v) is 11.2. The topological polar surface area (TPSA) is 73.2 Å². The van der Waals surface area contributed by atoms with E-state index in [0.717, 1.165) is 11.1 Å². The third-order valence-electron chi connectivity index (χ3n) is 5.16. The first-order chi connectivity index (χ1) is 16.0. The van der Waals surface area contributed by atoms with Crippen LogP contribution in [-0.4, -0.2) is 17.1 Å². The molecule has 5 nitrogen and oxygen atoms in total. The number of rotatable bonds is 5. The van der Waals surface area contributed by atoms with E-state index in [1.807, 2.05) is 55.5 Å². The molecule has 0 radical (unpaired) electrons. The maximum Gasteiger partial charge on any atom is 0.269 e. The van der Waals surface area contributed by atoms with E-state index in [-0.39, 0.29) is 16.5 Å². The number of amides is 2. The van der Waals surface area contributed by atoms with Crippen LogP contribution in [0.1, 0.15) is 11.1 Å². The quantitative estimate of drug-likeness (QED) is 0.422. The Morgan fingerprint density at radius 2 is 1.73 bits per heavy atom. The molecule has 0 saturated carbocycles. The Morgan fingerprint density at radius 3 is 2.36 bits per heavy atom. The predicted molar refractivity (Wildman–Crippen MR) is 128 cm³/mol. The molecule has 4 rings (SSSR count). The lowest BCUT2D eigenvalue weighted by molar-refractivity contribution is -0.117. The number of hydrogen-bond donors (Lipinski definition) is 1. The second kappa shape index (κ2) is 9.72. The predicted octanol–water partition coefficient (Wildman–Crippen LogP) is 5.20. The number of nitrogens with one attached hydrogen (secondary N) is 1. The Hall–Kier alpha value is -3.89. The molecule has 3 aromatic rings. The molecule has 164 valence electrons. The Kier molecular flexibility index (Phi) is 6.57. The number of carbonyl (C=O) groups excluding carboxylic acids is 2. The smallest absolute Gasteiger partial charge is 0.269 e. The normalized spacial score (nSPS) is 16.9. The van der Waals surface area contributed by atoms with Crippen LogP contribution in [0.25, 0.3) is 0 Å². The molecule has 1 saturated heterocycles. The molecular formula is C26H20FN3O2S. The molecule has 1 atom stereocenters. The van der Waals surface area contributed by atoms with Crippen LogP contribution in [0, 0.1) is 24.1 Å². The van der Waals surface area contributed by atoms with Gasteiger partial charge in [-0.25, -0.2) is 4.39 Å². The maximum absolute atomic E-state index is 13.4. The van der Waals surface area contributed by atoms with Crippen LogP contribution < -0.4 is 10.2 Å². The van der Waals surface area contributed by atoms with E-state index in [1.165, 1.54) is 40.9 Å². The Morgan fingerprint density at radius 1 is 1.06 bits per heavy atom. The minimum atomic E-state index is -0.656. The van der Waals surface area contributed by atoms with Gasteiger partial charge in [-0.05, 0) is 55.3 Å². The van der Waals surface area contributed by atoms with Crippen LogP contribution in [0.3, 0.4) is 0 Å². The molecule has 7 heteroatoms. The zero-order valence-corrected chi connectivity index (χ0v) is 18.6. The highest BCUT2D eigenvalue weighted by Crippen LogP contribution is 2.42. The van der Waals surface area contributed by atoms with Crippen molar-refractivity contribution >= 4 is 35.0 Å². The summed E-state index contributed by atoms with van der Waals surface area (Å²) < 4.78 is 13.2. The van der Waals surface area contributed by atoms with Gasteiger partial charge < -0.3 is 5.32 Å². The van der Waals surface area contributed by atoms with Gasteiger partial charge in [0.25, 0.3) is 5.91 Å². The fraction of sp³-hybridized carbons (Fsp3) is 0.115.